The van der Waals surface area contributed by atoms with Crippen LogP contribution in [0.4, 0.5) is 0 Å². The Morgan fingerprint density at radius 3 is 2.58 bits per heavy atom. The van der Waals surface area contributed by atoms with Gasteiger partial charge in [0.05, 0.1) is 18.8 Å². The molecule has 0 atom stereocenters. The molecule has 1 aromatic rings. The Labute approximate surface area is 185 Å². The number of likely N-dealkylation sites (tertiary alicyclic amines) is 1. The topological polar surface area (TPSA) is 67.9 Å². The fourth-order valence-electron chi connectivity index (χ4n) is 5.25. The predicted octanol–water partition coefficient (Wildman–Crippen LogP) is 3.79. The van der Waals surface area contributed by atoms with Gasteiger partial charge in [-0.2, -0.15) is 0 Å². The Hall–Kier alpha value is -2.08. The van der Waals surface area contributed by atoms with Gasteiger partial charge in [0, 0.05) is 37.6 Å². The van der Waals surface area contributed by atoms with Gasteiger partial charge in [-0.1, -0.05) is 31.4 Å². The van der Waals surface area contributed by atoms with Gasteiger partial charge >= 0.3 is 0 Å². The quantitative estimate of drug-likeness (QED) is 0.739. The monoisotopic (exact) mass is 428 g/mol. The summed E-state index contributed by atoms with van der Waals surface area (Å²) in [7, 11) is 0. The largest absolute Gasteiger partial charge is 0.492 e. The number of carbonyl (C=O) groups excluding carboxylic acids is 2. The van der Waals surface area contributed by atoms with Crippen LogP contribution in [0.3, 0.4) is 0 Å². The molecule has 2 amide bonds. The van der Waals surface area contributed by atoms with E-state index in [1.54, 1.807) is 0 Å². The number of rotatable bonds is 1. The van der Waals surface area contributed by atoms with Crippen LogP contribution in [0.25, 0.3) is 0 Å². The number of amides is 2. The lowest BCUT2D eigenvalue weighted by atomic mass is 9.75. The second kappa shape index (κ2) is 10.5. The summed E-state index contributed by atoms with van der Waals surface area (Å²) in [5.41, 5.74) is 0.615. The molecule has 31 heavy (non-hydrogen) atoms. The van der Waals surface area contributed by atoms with Crippen LogP contribution in [0.1, 0.15) is 68.1 Å². The zero-order chi connectivity index (χ0) is 21.5. The number of ether oxygens (including phenoxy) is 2. The van der Waals surface area contributed by atoms with Crippen molar-refractivity contribution in [1.29, 1.82) is 0 Å². The molecule has 2 heterocycles. The van der Waals surface area contributed by atoms with Crippen molar-refractivity contribution < 1.29 is 19.1 Å². The molecule has 6 heteroatoms. The molecule has 1 aliphatic carbocycles. The second-order valence-electron chi connectivity index (χ2n) is 9.42. The fraction of sp³-hybridized carbons (Fsp3) is 0.680. The molecule has 1 N–H and O–H groups in total. The standard InChI is InChI=1S/C25H36N2O4/c28-23-21-9-3-4-10-22(21)31-19-25(11-5-6-17-30-18-14-26-23)12-15-27(16-13-25)24(29)20-7-1-2-8-20/h3-4,9-10,20H,1-2,5-8,11-19H2,(H,26,28). The van der Waals surface area contributed by atoms with Gasteiger partial charge < -0.3 is 19.7 Å². The van der Waals surface area contributed by atoms with Crippen molar-refractivity contribution in [1.82, 2.24) is 10.2 Å². The molecule has 0 unspecified atom stereocenters. The number of hydrogen-bond acceptors (Lipinski definition) is 4. The number of benzene rings is 1. The lowest BCUT2D eigenvalue weighted by Gasteiger charge is -2.42. The van der Waals surface area contributed by atoms with Gasteiger partial charge in [0.15, 0.2) is 0 Å². The lowest BCUT2D eigenvalue weighted by molar-refractivity contribution is -0.138. The van der Waals surface area contributed by atoms with Crippen LogP contribution in [-0.4, -0.2) is 56.2 Å². The molecular formula is C25H36N2O4. The van der Waals surface area contributed by atoms with Crippen LogP contribution in [-0.2, 0) is 9.53 Å². The van der Waals surface area contributed by atoms with E-state index in [9.17, 15) is 9.59 Å². The van der Waals surface area contributed by atoms with Crippen molar-refractivity contribution in [3.05, 3.63) is 29.8 Å². The smallest absolute Gasteiger partial charge is 0.255 e. The van der Waals surface area contributed by atoms with Crippen molar-refractivity contribution in [2.45, 2.75) is 57.8 Å². The van der Waals surface area contributed by atoms with Crippen LogP contribution >= 0.6 is 0 Å². The first-order valence-corrected chi connectivity index (χ1v) is 12.0. The summed E-state index contributed by atoms with van der Waals surface area (Å²) >= 11 is 0. The second-order valence-corrected chi connectivity index (χ2v) is 9.42. The number of nitrogens with one attached hydrogen (secondary N) is 1. The summed E-state index contributed by atoms with van der Waals surface area (Å²) in [5.74, 6) is 1.13. The van der Waals surface area contributed by atoms with Gasteiger partial charge in [-0.25, -0.2) is 0 Å². The minimum atomic E-state index is -0.123. The molecule has 0 bridgehead atoms. The third kappa shape index (κ3) is 5.59. The number of piperidine rings is 1. The SMILES string of the molecule is O=C1NCCOCCCCC2(CCN(C(=O)C3CCCC3)CC2)COc2ccccc21. The molecular weight excluding hydrogens is 392 g/mol. The Morgan fingerprint density at radius 1 is 1.00 bits per heavy atom. The van der Waals surface area contributed by atoms with Gasteiger partial charge in [-0.15, -0.1) is 0 Å². The van der Waals surface area contributed by atoms with Gasteiger partial charge in [0.25, 0.3) is 5.91 Å². The highest BCUT2D eigenvalue weighted by atomic mass is 16.5. The highest BCUT2D eigenvalue weighted by Gasteiger charge is 2.38. The highest BCUT2D eigenvalue weighted by Crippen LogP contribution is 2.39. The minimum absolute atomic E-state index is 0.0418. The normalized spacial score (nSPS) is 23.5. The number of hydrogen-bond donors (Lipinski definition) is 1. The van der Waals surface area contributed by atoms with Crippen molar-refractivity contribution >= 4 is 11.8 Å². The number of para-hydroxylation sites is 1. The molecule has 4 rings (SSSR count). The molecule has 1 saturated carbocycles. The van der Waals surface area contributed by atoms with E-state index in [1.165, 1.54) is 12.8 Å². The first kappa shape index (κ1) is 22.1. The van der Waals surface area contributed by atoms with Crippen LogP contribution in [0.15, 0.2) is 24.3 Å². The molecule has 170 valence electrons. The molecule has 2 aliphatic heterocycles. The Balaban J connectivity index is 1.45. The van der Waals surface area contributed by atoms with Crippen molar-refractivity contribution in [3.8, 4) is 5.75 Å². The van der Waals surface area contributed by atoms with Crippen molar-refractivity contribution in [2.75, 3.05) is 39.5 Å². The van der Waals surface area contributed by atoms with E-state index in [0.717, 1.165) is 64.6 Å². The number of carbonyl (C=O) groups is 2. The maximum Gasteiger partial charge on any atom is 0.255 e. The summed E-state index contributed by atoms with van der Waals surface area (Å²) in [6, 6.07) is 7.47. The first-order chi connectivity index (χ1) is 15.2. The third-order valence-corrected chi connectivity index (χ3v) is 7.28. The number of fused-ring (bicyclic) bond motifs is 1. The van der Waals surface area contributed by atoms with E-state index in [-0.39, 0.29) is 17.2 Å². The van der Waals surface area contributed by atoms with E-state index >= 15 is 0 Å². The fourth-order valence-corrected chi connectivity index (χ4v) is 5.25. The maximum absolute atomic E-state index is 12.9. The lowest BCUT2D eigenvalue weighted by Crippen LogP contribution is -2.47. The summed E-state index contributed by atoms with van der Waals surface area (Å²) < 4.78 is 12.0. The van der Waals surface area contributed by atoms with E-state index < -0.39 is 0 Å². The Kier molecular flexibility index (Phi) is 7.49. The summed E-state index contributed by atoms with van der Waals surface area (Å²) in [6.07, 6.45) is 9.58. The van der Waals surface area contributed by atoms with Crippen LogP contribution in [0.5, 0.6) is 5.75 Å². The van der Waals surface area contributed by atoms with Crippen molar-refractivity contribution in [3.63, 3.8) is 0 Å². The van der Waals surface area contributed by atoms with Gasteiger partial charge in [0.2, 0.25) is 5.91 Å². The number of nitrogens with zero attached hydrogens (tertiary/aromatic N) is 1. The summed E-state index contributed by atoms with van der Waals surface area (Å²) in [4.78, 5) is 27.6. The molecule has 2 fully saturated rings. The minimum Gasteiger partial charge on any atom is -0.492 e. The van der Waals surface area contributed by atoms with Gasteiger partial charge in [-0.05, 0) is 50.7 Å². The highest BCUT2D eigenvalue weighted by molar-refractivity contribution is 5.96. The zero-order valence-electron chi connectivity index (χ0n) is 18.6. The van der Waals surface area contributed by atoms with Gasteiger partial charge in [0.1, 0.15) is 5.75 Å². The predicted molar refractivity (Wildman–Crippen MR) is 119 cm³/mol. The Bertz CT molecular complexity index is 752. The molecule has 0 aromatic heterocycles. The van der Waals surface area contributed by atoms with E-state index in [1.807, 2.05) is 24.3 Å². The molecule has 1 saturated heterocycles. The van der Waals surface area contributed by atoms with Crippen LogP contribution < -0.4 is 10.1 Å². The first-order valence-electron chi connectivity index (χ1n) is 12.0. The van der Waals surface area contributed by atoms with Gasteiger partial charge in [-0.3, -0.25) is 9.59 Å². The molecule has 1 spiro atoms. The third-order valence-electron chi connectivity index (χ3n) is 7.28. The molecule has 1 aromatic carbocycles. The Morgan fingerprint density at radius 2 is 1.77 bits per heavy atom. The van der Waals surface area contributed by atoms with Crippen molar-refractivity contribution in [2.24, 2.45) is 11.3 Å². The maximum atomic E-state index is 12.9. The van der Waals surface area contributed by atoms with E-state index in [2.05, 4.69) is 10.2 Å². The van der Waals surface area contributed by atoms with E-state index in [4.69, 9.17) is 9.47 Å². The van der Waals surface area contributed by atoms with Crippen LogP contribution in [0, 0.1) is 11.3 Å². The average molecular weight is 429 g/mol. The van der Waals surface area contributed by atoms with E-state index in [0.29, 0.717) is 37.0 Å². The molecule has 0 radical (unpaired) electrons. The average Bonchev–Trinajstić information content (AvgIpc) is 3.34. The van der Waals surface area contributed by atoms with Crippen LogP contribution in [0.2, 0.25) is 0 Å². The summed E-state index contributed by atoms with van der Waals surface area (Å²) in [6.45, 7) is 3.97. The zero-order valence-corrected chi connectivity index (χ0v) is 18.6. The summed E-state index contributed by atoms with van der Waals surface area (Å²) in [5, 5.41) is 2.92. The molecule has 6 nitrogen and oxygen atoms in total. The molecule has 3 aliphatic rings.